The van der Waals surface area contributed by atoms with E-state index in [4.69, 9.17) is 4.74 Å². The maximum atomic E-state index is 13.2. The zero-order valence-electron chi connectivity index (χ0n) is 18.7. The fraction of sp³-hybridized carbons (Fsp3) is 0.111. The number of carbonyl (C=O) groups is 1. The molecule has 0 saturated carbocycles. The Kier molecular flexibility index (Phi) is 5.94. The number of benzene rings is 3. The van der Waals surface area contributed by atoms with E-state index < -0.39 is 0 Å². The highest BCUT2D eigenvalue weighted by Gasteiger charge is 2.28. The van der Waals surface area contributed by atoms with Crippen LogP contribution in [0.15, 0.2) is 89.5 Å². The average molecular weight is 515 g/mol. The fourth-order valence-electron chi connectivity index (χ4n) is 3.93. The molecular formula is C27H23BrN4O2. The topological polar surface area (TPSA) is 68.2 Å². The Morgan fingerprint density at radius 3 is 2.41 bits per heavy atom. The van der Waals surface area contributed by atoms with Gasteiger partial charge in [-0.3, -0.25) is 4.79 Å². The molecule has 0 bridgehead atoms. The minimum atomic E-state index is -0.219. The van der Waals surface area contributed by atoms with Crippen molar-refractivity contribution in [3.63, 3.8) is 0 Å². The van der Waals surface area contributed by atoms with Crippen molar-refractivity contribution in [3.05, 3.63) is 112 Å². The molecule has 0 fully saturated rings. The van der Waals surface area contributed by atoms with Gasteiger partial charge in [0.1, 0.15) is 17.1 Å². The molecule has 0 radical (unpaired) electrons. The van der Waals surface area contributed by atoms with E-state index >= 15 is 0 Å². The van der Waals surface area contributed by atoms with Gasteiger partial charge in [0.2, 0.25) is 0 Å². The number of fused-ring (bicyclic) bond motifs is 1. The minimum absolute atomic E-state index is 0.178. The highest BCUT2D eigenvalue weighted by atomic mass is 79.9. The van der Waals surface area contributed by atoms with Crippen molar-refractivity contribution in [3.8, 4) is 5.75 Å². The van der Waals surface area contributed by atoms with Crippen LogP contribution in [0.3, 0.4) is 0 Å². The number of amides is 1. The molecule has 7 heteroatoms. The summed E-state index contributed by atoms with van der Waals surface area (Å²) in [5.74, 6) is 1.21. The summed E-state index contributed by atoms with van der Waals surface area (Å²) >= 11 is 3.51. The number of hydrogen-bond donors (Lipinski definition) is 2. The summed E-state index contributed by atoms with van der Waals surface area (Å²) in [5, 5.41) is 11.0. The first-order chi connectivity index (χ1) is 16.5. The third-order valence-electron chi connectivity index (χ3n) is 5.80. The standard InChI is InChI=1S/C27H23BrN4O2/c1-17-3-11-21(12-4-17)30-27(33)23-16-29-32-25(19-5-9-20(28)10-6-19)15-24(31-26(23)32)18-7-13-22(34-2)14-8-18/h3-16,25,31H,1-2H3,(H,30,33). The first-order valence-corrected chi connectivity index (χ1v) is 11.7. The summed E-state index contributed by atoms with van der Waals surface area (Å²) in [7, 11) is 1.65. The number of aromatic nitrogens is 2. The molecule has 2 N–H and O–H groups in total. The summed E-state index contributed by atoms with van der Waals surface area (Å²) in [5.41, 5.74) is 5.29. The number of rotatable bonds is 5. The summed E-state index contributed by atoms with van der Waals surface area (Å²) in [6, 6.07) is 23.5. The second kappa shape index (κ2) is 9.19. The molecule has 2 heterocycles. The molecule has 1 atom stereocenters. The van der Waals surface area contributed by atoms with Crippen LogP contribution >= 0.6 is 15.9 Å². The zero-order chi connectivity index (χ0) is 23.7. The molecule has 1 unspecified atom stereocenters. The third-order valence-corrected chi connectivity index (χ3v) is 6.33. The number of carbonyl (C=O) groups excluding carboxylic acids is 1. The van der Waals surface area contributed by atoms with Crippen molar-refractivity contribution >= 4 is 39.0 Å². The number of nitrogens with one attached hydrogen (secondary N) is 2. The van der Waals surface area contributed by atoms with Crippen LogP contribution in [0.4, 0.5) is 11.5 Å². The van der Waals surface area contributed by atoms with Gasteiger partial charge in [0, 0.05) is 15.9 Å². The predicted molar refractivity (Wildman–Crippen MR) is 138 cm³/mol. The van der Waals surface area contributed by atoms with E-state index in [1.807, 2.05) is 72.3 Å². The number of halogens is 1. The Morgan fingerprint density at radius 2 is 1.74 bits per heavy atom. The van der Waals surface area contributed by atoms with E-state index in [0.29, 0.717) is 11.4 Å². The monoisotopic (exact) mass is 514 g/mol. The molecule has 1 amide bonds. The molecule has 170 valence electrons. The van der Waals surface area contributed by atoms with Gasteiger partial charge in [0.15, 0.2) is 0 Å². The quantitative estimate of drug-likeness (QED) is 0.329. The Morgan fingerprint density at radius 1 is 1.03 bits per heavy atom. The normalized spacial score (nSPS) is 14.6. The lowest BCUT2D eigenvalue weighted by Crippen LogP contribution is -2.22. The molecule has 4 aromatic rings. The number of methoxy groups -OCH3 is 1. The molecule has 34 heavy (non-hydrogen) atoms. The van der Waals surface area contributed by atoms with Crippen LogP contribution in [0.1, 0.15) is 33.1 Å². The Bertz CT molecular complexity index is 1360. The first-order valence-electron chi connectivity index (χ1n) is 10.9. The minimum Gasteiger partial charge on any atom is -0.497 e. The summed E-state index contributed by atoms with van der Waals surface area (Å²) in [6.45, 7) is 2.01. The average Bonchev–Trinajstić information content (AvgIpc) is 3.30. The Balaban J connectivity index is 1.54. The van der Waals surface area contributed by atoms with E-state index in [1.54, 1.807) is 13.3 Å². The van der Waals surface area contributed by atoms with Crippen LogP contribution in [0.2, 0.25) is 0 Å². The van der Waals surface area contributed by atoms with E-state index in [2.05, 4.69) is 49.9 Å². The number of hydrogen-bond acceptors (Lipinski definition) is 4. The van der Waals surface area contributed by atoms with Crippen molar-refractivity contribution in [2.45, 2.75) is 13.0 Å². The van der Waals surface area contributed by atoms with Crippen LogP contribution in [-0.4, -0.2) is 22.8 Å². The van der Waals surface area contributed by atoms with Gasteiger partial charge in [-0.25, -0.2) is 4.68 Å². The molecule has 5 rings (SSSR count). The smallest absolute Gasteiger partial charge is 0.261 e. The largest absolute Gasteiger partial charge is 0.497 e. The highest BCUT2D eigenvalue weighted by molar-refractivity contribution is 9.10. The second-order valence-corrected chi connectivity index (χ2v) is 9.02. The van der Waals surface area contributed by atoms with Crippen LogP contribution in [0.25, 0.3) is 5.70 Å². The SMILES string of the molecule is COc1ccc(C2=CC(c3ccc(Br)cc3)n3ncc(C(=O)Nc4ccc(C)cc4)c3N2)cc1. The summed E-state index contributed by atoms with van der Waals surface area (Å²) in [6.07, 6.45) is 3.73. The zero-order valence-corrected chi connectivity index (χ0v) is 20.3. The number of nitrogens with zero attached hydrogens (tertiary/aromatic N) is 2. The highest BCUT2D eigenvalue weighted by Crippen LogP contribution is 2.36. The lowest BCUT2D eigenvalue weighted by molar-refractivity contribution is 0.102. The number of anilines is 2. The van der Waals surface area contributed by atoms with Gasteiger partial charge in [-0.2, -0.15) is 5.10 Å². The predicted octanol–water partition coefficient (Wildman–Crippen LogP) is 6.27. The molecule has 0 aliphatic carbocycles. The fourth-order valence-corrected chi connectivity index (χ4v) is 4.20. The van der Waals surface area contributed by atoms with Crippen LogP contribution in [-0.2, 0) is 0 Å². The van der Waals surface area contributed by atoms with Gasteiger partial charge in [0.05, 0.1) is 19.3 Å². The Labute approximate surface area is 206 Å². The van der Waals surface area contributed by atoms with Crippen molar-refractivity contribution in [2.75, 3.05) is 17.7 Å². The van der Waals surface area contributed by atoms with Crippen molar-refractivity contribution < 1.29 is 9.53 Å². The van der Waals surface area contributed by atoms with E-state index in [1.165, 1.54) is 0 Å². The van der Waals surface area contributed by atoms with Crippen molar-refractivity contribution in [1.29, 1.82) is 0 Å². The molecule has 1 aliphatic heterocycles. The van der Waals surface area contributed by atoms with Crippen molar-refractivity contribution in [2.24, 2.45) is 0 Å². The van der Waals surface area contributed by atoms with E-state index in [-0.39, 0.29) is 11.9 Å². The third kappa shape index (κ3) is 4.34. The lowest BCUT2D eigenvalue weighted by atomic mass is 10.0. The summed E-state index contributed by atoms with van der Waals surface area (Å²) < 4.78 is 8.16. The first kappa shape index (κ1) is 22.0. The maximum Gasteiger partial charge on any atom is 0.261 e. The molecule has 6 nitrogen and oxygen atoms in total. The van der Waals surface area contributed by atoms with E-state index in [9.17, 15) is 4.79 Å². The molecule has 3 aromatic carbocycles. The molecule has 1 aromatic heterocycles. The van der Waals surface area contributed by atoms with Crippen LogP contribution in [0.5, 0.6) is 5.75 Å². The molecule has 0 saturated heterocycles. The van der Waals surface area contributed by atoms with Crippen LogP contribution < -0.4 is 15.4 Å². The van der Waals surface area contributed by atoms with Gasteiger partial charge in [-0.15, -0.1) is 0 Å². The van der Waals surface area contributed by atoms with Gasteiger partial charge >= 0.3 is 0 Å². The van der Waals surface area contributed by atoms with Crippen molar-refractivity contribution in [1.82, 2.24) is 9.78 Å². The van der Waals surface area contributed by atoms with Gasteiger partial charge in [0.25, 0.3) is 5.91 Å². The van der Waals surface area contributed by atoms with Crippen LogP contribution in [0, 0.1) is 6.92 Å². The second-order valence-electron chi connectivity index (χ2n) is 8.10. The Hall–Kier alpha value is -3.84. The summed E-state index contributed by atoms with van der Waals surface area (Å²) in [4.78, 5) is 13.2. The van der Waals surface area contributed by atoms with Gasteiger partial charge < -0.3 is 15.4 Å². The maximum absolute atomic E-state index is 13.2. The molecule has 1 aliphatic rings. The number of allylic oxidation sites excluding steroid dienone is 1. The number of aryl methyl sites for hydroxylation is 1. The van der Waals surface area contributed by atoms with Gasteiger partial charge in [-0.05, 0) is 72.7 Å². The molecular weight excluding hydrogens is 492 g/mol. The van der Waals surface area contributed by atoms with Gasteiger partial charge in [-0.1, -0.05) is 45.8 Å². The van der Waals surface area contributed by atoms with E-state index in [0.717, 1.165) is 38.3 Å². The lowest BCUT2D eigenvalue weighted by Gasteiger charge is -2.26. The number of ether oxygens (including phenoxy) is 1. The molecule has 0 spiro atoms.